The van der Waals surface area contributed by atoms with Crippen molar-refractivity contribution < 1.29 is 4.39 Å². The summed E-state index contributed by atoms with van der Waals surface area (Å²) >= 11 is 0. The molecule has 100 valence electrons. The Morgan fingerprint density at radius 1 is 1.32 bits per heavy atom. The van der Waals surface area contributed by atoms with E-state index < -0.39 is 0 Å². The second kappa shape index (κ2) is 5.80. The molecule has 0 saturated heterocycles. The summed E-state index contributed by atoms with van der Waals surface area (Å²) in [4.78, 5) is 6.20. The Morgan fingerprint density at radius 3 is 2.74 bits per heavy atom. The Kier molecular flexibility index (Phi) is 4.12. The van der Waals surface area contributed by atoms with Gasteiger partial charge in [-0.2, -0.15) is 0 Å². The second-order valence-electron chi connectivity index (χ2n) is 4.68. The highest BCUT2D eigenvalue weighted by Gasteiger charge is 2.08. The van der Waals surface area contributed by atoms with Crippen LogP contribution in [0.4, 0.5) is 10.2 Å². The highest BCUT2D eigenvalue weighted by Crippen LogP contribution is 2.18. The lowest BCUT2D eigenvalue weighted by molar-refractivity contribution is 0.607. The first-order valence-electron chi connectivity index (χ1n) is 6.24. The van der Waals surface area contributed by atoms with Gasteiger partial charge in [0.25, 0.3) is 0 Å². The van der Waals surface area contributed by atoms with Gasteiger partial charge in [-0.3, -0.25) is 0 Å². The molecule has 3 nitrogen and oxygen atoms in total. The summed E-state index contributed by atoms with van der Waals surface area (Å²) in [6, 6.07) is 10.6. The quantitative estimate of drug-likeness (QED) is 0.918. The fourth-order valence-electron chi connectivity index (χ4n) is 1.89. The first-order valence-corrected chi connectivity index (χ1v) is 6.24. The van der Waals surface area contributed by atoms with Gasteiger partial charge in [-0.1, -0.05) is 18.2 Å². The van der Waals surface area contributed by atoms with E-state index in [4.69, 9.17) is 5.73 Å². The van der Waals surface area contributed by atoms with Gasteiger partial charge in [0.2, 0.25) is 0 Å². The van der Waals surface area contributed by atoms with Gasteiger partial charge in [0.15, 0.2) is 0 Å². The van der Waals surface area contributed by atoms with E-state index >= 15 is 0 Å². The highest BCUT2D eigenvalue weighted by molar-refractivity contribution is 5.42. The molecule has 1 heterocycles. The molecule has 0 spiro atoms. The van der Waals surface area contributed by atoms with Crippen molar-refractivity contribution in [3.05, 3.63) is 59.5 Å². The van der Waals surface area contributed by atoms with Gasteiger partial charge < -0.3 is 10.6 Å². The van der Waals surface area contributed by atoms with Gasteiger partial charge in [0.05, 0.1) is 0 Å². The number of benzene rings is 1. The maximum Gasteiger partial charge on any atom is 0.128 e. The number of hydrogen-bond donors (Lipinski definition) is 1. The maximum atomic E-state index is 13.6. The van der Waals surface area contributed by atoms with E-state index in [2.05, 4.69) is 4.98 Å². The van der Waals surface area contributed by atoms with Crippen LogP contribution in [0.5, 0.6) is 0 Å². The fraction of sp³-hybridized carbons (Fsp3) is 0.267. The van der Waals surface area contributed by atoms with E-state index in [-0.39, 0.29) is 11.9 Å². The third-order valence-electron chi connectivity index (χ3n) is 3.05. The number of nitrogens with two attached hydrogens (primary N) is 1. The zero-order valence-corrected chi connectivity index (χ0v) is 11.2. The van der Waals surface area contributed by atoms with Crippen LogP contribution in [0.1, 0.15) is 24.1 Å². The molecule has 0 fully saturated rings. The van der Waals surface area contributed by atoms with Crippen LogP contribution < -0.4 is 10.6 Å². The molecule has 2 aromatic rings. The summed E-state index contributed by atoms with van der Waals surface area (Å²) in [6.07, 6.45) is 1.73. The average Bonchev–Trinajstić information content (AvgIpc) is 2.41. The van der Waals surface area contributed by atoms with E-state index in [1.54, 1.807) is 18.3 Å². The van der Waals surface area contributed by atoms with Crippen molar-refractivity contribution in [3.8, 4) is 0 Å². The first-order chi connectivity index (χ1) is 9.08. The Morgan fingerprint density at radius 2 is 2.05 bits per heavy atom. The molecule has 1 aromatic carbocycles. The lowest BCUT2D eigenvalue weighted by Crippen LogP contribution is -2.19. The van der Waals surface area contributed by atoms with Gasteiger partial charge in [-0.25, -0.2) is 9.37 Å². The number of hydrogen-bond acceptors (Lipinski definition) is 3. The zero-order chi connectivity index (χ0) is 13.8. The zero-order valence-electron chi connectivity index (χ0n) is 11.2. The molecule has 1 atom stereocenters. The lowest BCUT2D eigenvalue weighted by atomic mass is 10.1. The van der Waals surface area contributed by atoms with E-state index in [1.165, 1.54) is 6.07 Å². The van der Waals surface area contributed by atoms with Crippen LogP contribution >= 0.6 is 0 Å². The summed E-state index contributed by atoms with van der Waals surface area (Å²) in [6.45, 7) is 2.40. The minimum absolute atomic E-state index is 0.0383. The highest BCUT2D eigenvalue weighted by atomic mass is 19.1. The fourth-order valence-corrected chi connectivity index (χ4v) is 1.89. The number of nitrogens with zero attached hydrogens (tertiary/aromatic N) is 2. The lowest BCUT2D eigenvalue weighted by Gasteiger charge is -2.19. The molecule has 2 rings (SSSR count). The molecule has 1 aromatic heterocycles. The molecule has 0 aliphatic carbocycles. The second-order valence-corrected chi connectivity index (χ2v) is 4.68. The van der Waals surface area contributed by atoms with Crippen molar-refractivity contribution in [2.24, 2.45) is 5.73 Å². The minimum Gasteiger partial charge on any atom is -0.355 e. The SMILES string of the molecule is CC(N)c1ccnc(N(C)Cc2ccccc2F)c1. The van der Waals surface area contributed by atoms with E-state index in [0.717, 1.165) is 11.4 Å². The van der Waals surface area contributed by atoms with Crippen LogP contribution in [-0.4, -0.2) is 12.0 Å². The third-order valence-corrected chi connectivity index (χ3v) is 3.05. The van der Waals surface area contributed by atoms with Gasteiger partial charge in [-0.15, -0.1) is 0 Å². The van der Waals surface area contributed by atoms with Crippen molar-refractivity contribution in [2.45, 2.75) is 19.5 Å². The molecule has 0 amide bonds. The van der Waals surface area contributed by atoms with Crippen molar-refractivity contribution in [3.63, 3.8) is 0 Å². The normalized spacial score (nSPS) is 12.2. The van der Waals surface area contributed by atoms with Crippen molar-refractivity contribution in [2.75, 3.05) is 11.9 Å². The number of halogens is 1. The summed E-state index contributed by atoms with van der Waals surface area (Å²) in [5.74, 6) is 0.593. The Hall–Kier alpha value is -1.94. The van der Waals surface area contributed by atoms with Crippen molar-refractivity contribution >= 4 is 5.82 Å². The molecule has 0 bridgehead atoms. The van der Waals surface area contributed by atoms with Crippen LogP contribution in [0.2, 0.25) is 0 Å². The number of aromatic nitrogens is 1. The summed E-state index contributed by atoms with van der Waals surface area (Å²) in [7, 11) is 1.89. The third kappa shape index (κ3) is 3.29. The molecule has 19 heavy (non-hydrogen) atoms. The number of anilines is 1. The molecular formula is C15H18FN3. The van der Waals surface area contributed by atoms with Crippen LogP contribution in [0.15, 0.2) is 42.6 Å². The van der Waals surface area contributed by atoms with Crippen molar-refractivity contribution in [1.29, 1.82) is 0 Å². The van der Waals surface area contributed by atoms with E-state index in [0.29, 0.717) is 12.1 Å². The number of rotatable bonds is 4. The summed E-state index contributed by atoms with van der Waals surface area (Å²) < 4.78 is 13.6. The van der Waals surface area contributed by atoms with Gasteiger partial charge in [0.1, 0.15) is 11.6 Å². The Bertz CT molecular complexity index is 555. The van der Waals surface area contributed by atoms with Gasteiger partial charge >= 0.3 is 0 Å². The van der Waals surface area contributed by atoms with Crippen molar-refractivity contribution in [1.82, 2.24) is 4.98 Å². The molecular weight excluding hydrogens is 241 g/mol. The molecule has 2 N–H and O–H groups in total. The van der Waals surface area contributed by atoms with Gasteiger partial charge in [-0.05, 0) is 30.7 Å². The predicted molar refractivity (Wildman–Crippen MR) is 75.3 cm³/mol. The average molecular weight is 259 g/mol. The molecule has 0 aliphatic heterocycles. The minimum atomic E-state index is -0.197. The summed E-state index contributed by atoms with van der Waals surface area (Å²) in [5, 5.41) is 0. The van der Waals surface area contributed by atoms with Crippen LogP contribution in [-0.2, 0) is 6.54 Å². The molecule has 1 unspecified atom stereocenters. The molecule has 0 aliphatic rings. The summed E-state index contributed by atoms with van der Waals surface area (Å²) in [5.41, 5.74) is 7.52. The van der Waals surface area contributed by atoms with E-state index in [1.807, 2.05) is 37.1 Å². The predicted octanol–water partition coefficient (Wildman–Crippen LogP) is 2.88. The standard InChI is InChI=1S/C15H18FN3/c1-11(17)12-7-8-18-15(9-12)19(2)10-13-5-3-4-6-14(13)16/h3-9,11H,10,17H2,1-2H3. The topological polar surface area (TPSA) is 42.1 Å². The smallest absolute Gasteiger partial charge is 0.128 e. The van der Waals surface area contributed by atoms with Crippen LogP contribution in [0.25, 0.3) is 0 Å². The molecule has 0 saturated carbocycles. The van der Waals surface area contributed by atoms with Crippen LogP contribution in [0, 0.1) is 5.82 Å². The Balaban J connectivity index is 2.18. The Labute approximate surface area is 112 Å². The monoisotopic (exact) mass is 259 g/mol. The molecule has 0 radical (unpaired) electrons. The number of pyridine rings is 1. The maximum absolute atomic E-state index is 13.6. The van der Waals surface area contributed by atoms with Gasteiger partial charge in [0, 0.05) is 31.4 Å². The van der Waals surface area contributed by atoms with Crippen LogP contribution in [0.3, 0.4) is 0 Å². The largest absolute Gasteiger partial charge is 0.355 e. The van der Waals surface area contributed by atoms with E-state index in [9.17, 15) is 4.39 Å². The molecule has 4 heteroatoms. The first kappa shape index (κ1) is 13.5.